The number of β-amino-alcohol motifs (C(OH)–C–C–N with tert-alkyl or cyclic N) is 1. The maximum absolute atomic E-state index is 14.4. The molecule has 8 heteroatoms. The molecule has 1 aromatic heterocycles. The van der Waals surface area contributed by atoms with E-state index in [1.807, 2.05) is 84.9 Å². The number of nitrogens with zero attached hydrogens (tertiary/aromatic N) is 2. The van der Waals surface area contributed by atoms with E-state index in [-0.39, 0.29) is 48.0 Å². The summed E-state index contributed by atoms with van der Waals surface area (Å²) in [5.41, 5.74) is 3.52. The summed E-state index contributed by atoms with van der Waals surface area (Å²) in [6.45, 7) is 13.7. The van der Waals surface area contributed by atoms with Crippen molar-refractivity contribution in [3.8, 4) is 11.1 Å². The van der Waals surface area contributed by atoms with Crippen molar-refractivity contribution in [3.05, 3.63) is 76.9 Å². The molecule has 0 saturated carbocycles. The molecule has 2 aromatic carbocycles. The maximum Gasteiger partial charge on any atom is 0.243 e. The molecule has 1 aliphatic heterocycles. The van der Waals surface area contributed by atoms with Crippen LogP contribution in [-0.2, 0) is 15.0 Å². The van der Waals surface area contributed by atoms with E-state index in [1.165, 1.54) is 11.0 Å². The Balaban J connectivity index is 1.50. The lowest BCUT2D eigenvalue weighted by Gasteiger charge is -2.29. The Kier molecular flexibility index (Phi) is 8.49. The molecule has 0 spiro atoms. The SMILES string of the molecule is Cc1cccc(F)c1-c1ccc([C@H](C)NC(=O)[C@@H]2C[C@@H](O)CN2C(=O)[C@@H](c2cc(C(C)(C)C)no2)C(C)C)cc1. The minimum atomic E-state index is -0.809. The van der Waals surface area contributed by atoms with Gasteiger partial charge in [0.05, 0.1) is 17.8 Å². The zero-order chi connectivity index (χ0) is 29.4. The molecule has 0 bridgehead atoms. The minimum absolute atomic E-state index is 0.0749. The van der Waals surface area contributed by atoms with Crippen molar-refractivity contribution in [3.63, 3.8) is 0 Å². The smallest absolute Gasteiger partial charge is 0.243 e. The normalized spacial score (nSPS) is 19.1. The van der Waals surface area contributed by atoms with E-state index < -0.39 is 18.1 Å². The van der Waals surface area contributed by atoms with Gasteiger partial charge in [-0.1, -0.05) is 76.2 Å². The summed E-state index contributed by atoms with van der Waals surface area (Å²) in [6, 6.07) is 13.1. The van der Waals surface area contributed by atoms with Gasteiger partial charge in [0.2, 0.25) is 11.8 Å². The zero-order valence-electron chi connectivity index (χ0n) is 24.4. The summed E-state index contributed by atoms with van der Waals surface area (Å²) >= 11 is 0. The third-order valence-electron chi connectivity index (χ3n) is 7.68. The summed E-state index contributed by atoms with van der Waals surface area (Å²) in [6.07, 6.45) is -0.643. The third-order valence-corrected chi connectivity index (χ3v) is 7.68. The van der Waals surface area contributed by atoms with Crippen LogP contribution in [-0.4, -0.2) is 45.7 Å². The van der Waals surface area contributed by atoms with Crippen molar-refractivity contribution in [1.82, 2.24) is 15.4 Å². The van der Waals surface area contributed by atoms with E-state index in [1.54, 1.807) is 6.07 Å². The van der Waals surface area contributed by atoms with Gasteiger partial charge in [-0.15, -0.1) is 0 Å². The Hall–Kier alpha value is -3.52. The molecule has 4 atom stereocenters. The first-order valence-corrected chi connectivity index (χ1v) is 13.9. The average Bonchev–Trinajstić information content (AvgIpc) is 3.51. The Bertz CT molecular complexity index is 1340. The molecule has 2 N–H and O–H groups in total. The van der Waals surface area contributed by atoms with E-state index in [0.29, 0.717) is 11.3 Å². The predicted molar refractivity (Wildman–Crippen MR) is 152 cm³/mol. The van der Waals surface area contributed by atoms with Gasteiger partial charge in [-0.3, -0.25) is 9.59 Å². The molecule has 2 heterocycles. The van der Waals surface area contributed by atoms with E-state index in [2.05, 4.69) is 10.5 Å². The zero-order valence-corrected chi connectivity index (χ0v) is 24.4. The second-order valence-electron chi connectivity index (χ2n) is 12.3. The molecule has 0 unspecified atom stereocenters. The highest BCUT2D eigenvalue weighted by Crippen LogP contribution is 2.34. The second-order valence-corrected chi connectivity index (χ2v) is 12.3. The number of carbonyl (C=O) groups excluding carboxylic acids is 2. The van der Waals surface area contributed by atoms with Gasteiger partial charge in [-0.05, 0) is 42.5 Å². The Morgan fingerprint density at radius 3 is 2.38 bits per heavy atom. The fourth-order valence-electron chi connectivity index (χ4n) is 5.34. The van der Waals surface area contributed by atoms with Crippen molar-refractivity contribution in [2.45, 2.75) is 84.4 Å². The van der Waals surface area contributed by atoms with E-state index in [9.17, 15) is 19.1 Å². The van der Waals surface area contributed by atoms with E-state index >= 15 is 0 Å². The molecule has 214 valence electrons. The Morgan fingerprint density at radius 1 is 1.12 bits per heavy atom. The number of likely N-dealkylation sites (tertiary alicyclic amines) is 1. The predicted octanol–water partition coefficient (Wildman–Crippen LogP) is 5.67. The summed E-state index contributed by atoms with van der Waals surface area (Å²) < 4.78 is 20.0. The molecule has 40 heavy (non-hydrogen) atoms. The van der Waals surface area contributed by atoms with Gasteiger partial charge in [-0.2, -0.15) is 0 Å². The van der Waals surface area contributed by atoms with E-state index in [4.69, 9.17) is 4.52 Å². The first-order chi connectivity index (χ1) is 18.8. The lowest BCUT2D eigenvalue weighted by molar-refractivity contribution is -0.141. The third kappa shape index (κ3) is 6.12. The number of aliphatic hydroxyl groups is 1. The Morgan fingerprint density at radius 2 is 1.80 bits per heavy atom. The molecule has 7 nitrogen and oxygen atoms in total. The number of carbonyl (C=O) groups is 2. The highest BCUT2D eigenvalue weighted by Gasteiger charge is 2.43. The topological polar surface area (TPSA) is 95.7 Å². The number of aromatic nitrogens is 1. The summed E-state index contributed by atoms with van der Waals surface area (Å²) in [7, 11) is 0. The number of hydrogen-bond acceptors (Lipinski definition) is 5. The molecule has 3 aromatic rings. The highest BCUT2D eigenvalue weighted by molar-refractivity contribution is 5.91. The molecule has 0 aliphatic carbocycles. The van der Waals surface area contributed by atoms with Gasteiger partial charge < -0.3 is 19.8 Å². The number of benzene rings is 2. The van der Waals surface area contributed by atoms with Crippen molar-refractivity contribution < 1.29 is 23.6 Å². The van der Waals surface area contributed by atoms with Gasteiger partial charge in [0.25, 0.3) is 0 Å². The van der Waals surface area contributed by atoms with Gasteiger partial charge in [0.15, 0.2) is 0 Å². The first-order valence-electron chi connectivity index (χ1n) is 13.9. The number of halogens is 1. The minimum Gasteiger partial charge on any atom is -0.391 e. The van der Waals surface area contributed by atoms with Crippen LogP contribution >= 0.6 is 0 Å². The fraction of sp³-hybridized carbons (Fsp3) is 0.469. The molecular weight excluding hydrogens is 509 g/mol. The molecule has 0 radical (unpaired) electrons. The monoisotopic (exact) mass is 549 g/mol. The van der Waals surface area contributed by atoms with Gasteiger partial charge in [0, 0.05) is 30.0 Å². The number of aliphatic hydroxyl groups excluding tert-OH is 1. The molecular formula is C32H40FN3O4. The van der Waals surface area contributed by atoms with Crippen molar-refractivity contribution >= 4 is 11.8 Å². The van der Waals surface area contributed by atoms with Crippen LogP contribution in [0.15, 0.2) is 53.1 Å². The van der Waals surface area contributed by atoms with Crippen LogP contribution in [0.25, 0.3) is 11.1 Å². The fourth-order valence-corrected chi connectivity index (χ4v) is 5.34. The van der Waals surface area contributed by atoms with Crippen LogP contribution in [0.4, 0.5) is 4.39 Å². The quantitative estimate of drug-likeness (QED) is 0.396. The maximum atomic E-state index is 14.4. The van der Waals surface area contributed by atoms with Crippen LogP contribution in [0.3, 0.4) is 0 Å². The van der Waals surface area contributed by atoms with Crippen LogP contribution < -0.4 is 5.32 Å². The lowest BCUT2D eigenvalue weighted by Crippen LogP contribution is -2.48. The Labute approximate surface area is 235 Å². The molecule has 2 amide bonds. The van der Waals surface area contributed by atoms with Gasteiger partial charge >= 0.3 is 0 Å². The van der Waals surface area contributed by atoms with E-state index in [0.717, 1.165) is 22.4 Å². The molecule has 1 aliphatic rings. The van der Waals surface area contributed by atoms with Gasteiger partial charge in [0.1, 0.15) is 23.5 Å². The number of nitrogens with one attached hydrogen (secondary N) is 1. The van der Waals surface area contributed by atoms with Crippen LogP contribution in [0.5, 0.6) is 0 Å². The largest absolute Gasteiger partial charge is 0.391 e. The van der Waals surface area contributed by atoms with Gasteiger partial charge in [-0.25, -0.2) is 4.39 Å². The highest BCUT2D eigenvalue weighted by atomic mass is 19.1. The average molecular weight is 550 g/mol. The summed E-state index contributed by atoms with van der Waals surface area (Å²) in [5, 5.41) is 17.6. The first kappa shape index (κ1) is 29.5. The number of aryl methyl sites for hydroxylation is 1. The molecule has 1 fully saturated rings. The standard InChI is InChI=1S/C32H40FN3O4/c1-18(2)28(26-16-27(35-40-26)32(5,6)7)31(39)36-17-23(37)15-25(36)30(38)34-20(4)21-11-13-22(14-12-21)29-19(3)9-8-10-24(29)33/h8-14,16,18,20,23,25,28,37H,15,17H2,1-7H3,(H,34,38)/t20-,23+,25-,28+/m0/s1. The summed E-state index contributed by atoms with van der Waals surface area (Å²) in [5.74, 6) is -1.15. The van der Waals surface area contributed by atoms with Crippen molar-refractivity contribution in [1.29, 1.82) is 0 Å². The number of rotatable bonds is 7. The van der Waals surface area contributed by atoms with Crippen LogP contribution in [0.2, 0.25) is 0 Å². The molecule has 1 saturated heterocycles. The molecule has 4 rings (SSSR count). The van der Waals surface area contributed by atoms with Crippen LogP contribution in [0.1, 0.15) is 82.5 Å². The second kappa shape index (κ2) is 11.5. The number of hydrogen-bond donors (Lipinski definition) is 2. The lowest BCUT2D eigenvalue weighted by atomic mass is 9.88. The summed E-state index contributed by atoms with van der Waals surface area (Å²) in [4.78, 5) is 28.7. The van der Waals surface area contributed by atoms with Crippen molar-refractivity contribution in [2.24, 2.45) is 5.92 Å². The number of amides is 2. The van der Waals surface area contributed by atoms with Crippen LogP contribution in [0, 0.1) is 18.7 Å². The van der Waals surface area contributed by atoms with Crippen molar-refractivity contribution in [2.75, 3.05) is 6.54 Å².